The number of halogens is 2. The molecule has 2 aliphatic heterocycles. The third-order valence-corrected chi connectivity index (χ3v) is 8.55. The number of nitrogens with one attached hydrogen (secondary N) is 2. The van der Waals surface area contributed by atoms with Gasteiger partial charge >= 0.3 is 0 Å². The summed E-state index contributed by atoms with van der Waals surface area (Å²) in [6.45, 7) is 2.81. The standard InChI is InChI=1S/C19H17FN2O2.C18H15FN2O/c1-24-15-5-3-12(4-6-15)16-11-14(20)9-13-10-17-19(23)21-7-2-8-22(17)18(13)16;19-14-9-13-10-16-18(22)20-7-4-8-21(16)17(13)15(11-14)12-5-2-1-3-6-12/h3-6,9-11H,2,7-8H2,1H3,(H,21,23);1-3,5-6,9-11H,4,7-8H2,(H,20,22). The van der Waals surface area contributed by atoms with Gasteiger partial charge in [0, 0.05) is 48.1 Å². The van der Waals surface area contributed by atoms with Crippen molar-refractivity contribution in [2.24, 2.45) is 0 Å². The summed E-state index contributed by atoms with van der Waals surface area (Å²) in [4.78, 5) is 24.4. The highest BCUT2D eigenvalue weighted by Crippen LogP contribution is 2.35. The van der Waals surface area contributed by atoms with Crippen molar-refractivity contribution in [2.75, 3.05) is 20.2 Å². The van der Waals surface area contributed by atoms with Gasteiger partial charge in [-0.2, -0.15) is 0 Å². The summed E-state index contributed by atoms with van der Waals surface area (Å²) in [6, 6.07) is 26.9. The lowest BCUT2D eigenvalue weighted by Gasteiger charge is -2.11. The second-order valence-corrected chi connectivity index (χ2v) is 11.5. The maximum absolute atomic E-state index is 14.1. The highest BCUT2D eigenvalue weighted by Gasteiger charge is 2.22. The zero-order valence-corrected chi connectivity index (χ0v) is 25.3. The number of nitrogens with zero attached hydrogens (tertiary/aromatic N) is 2. The number of benzene rings is 4. The van der Waals surface area contributed by atoms with E-state index in [-0.39, 0.29) is 23.4 Å². The molecule has 7 nitrogen and oxygen atoms in total. The molecule has 0 bridgehead atoms. The minimum absolute atomic E-state index is 0.0897. The van der Waals surface area contributed by atoms with Crippen molar-refractivity contribution in [3.63, 3.8) is 0 Å². The molecular formula is C37H32F2N4O3. The Hall–Kier alpha value is -5.44. The summed E-state index contributed by atoms with van der Waals surface area (Å²) in [7, 11) is 1.61. The predicted molar refractivity (Wildman–Crippen MR) is 175 cm³/mol. The fraction of sp³-hybridized carbons (Fsp3) is 0.189. The molecule has 2 amide bonds. The van der Waals surface area contributed by atoms with Gasteiger partial charge in [-0.05, 0) is 72.5 Å². The van der Waals surface area contributed by atoms with Gasteiger partial charge < -0.3 is 24.5 Å². The quantitative estimate of drug-likeness (QED) is 0.221. The van der Waals surface area contributed by atoms with Crippen LogP contribution in [0.3, 0.4) is 0 Å². The van der Waals surface area contributed by atoms with Gasteiger partial charge in [0.2, 0.25) is 0 Å². The van der Waals surface area contributed by atoms with E-state index in [1.54, 1.807) is 25.3 Å². The number of fused-ring (bicyclic) bond motifs is 6. The molecule has 0 aliphatic carbocycles. The minimum Gasteiger partial charge on any atom is -0.497 e. The molecule has 0 saturated heterocycles. The van der Waals surface area contributed by atoms with Crippen molar-refractivity contribution in [1.29, 1.82) is 0 Å². The van der Waals surface area contributed by atoms with Crippen LogP contribution in [-0.2, 0) is 13.1 Å². The van der Waals surface area contributed by atoms with Crippen LogP contribution in [0.5, 0.6) is 5.75 Å². The highest BCUT2D eigenvalue weighted by molar-refractivity contribution is 6.04. The molecule has 0 saturated carbocycles. The van der Waals surface area contributed by atoms with E-state index in [4.69, 9.17) is 4.74 Å². The first-order valence-electron chi connectivity index (χ1n) is 15.3. The molecule has 9 heteroatoms. The van der Waals surface area contributed by atoms with Crippen LogP contribution in [0.2, 0.25) is 0 Å². The Morgan fingerprint density at radius 1 is 0.630 bits per heavy atom. The number of hydrogen-bond donors (Lipinski definition) is 2. The zero-order valence-electron chi connectivity index (χ0n) is 25.3. The largest absolute Gasteiger partial charge is 0.497 e. The predicted octanol–water partition coefficient (Wildman–Crippen LogP) is 7.17. The maximum atomic E-state index is 14.1. The van der Waals surface area contributed by atoms with E-state index in [2.05, 4.69) is 10.6 Å². The molecule has 8 rings (SSSR count). The molecule has 2 aromatic heterocycles. The molecule has 0 spiro atoms. The summed E-state index contributed by atoms with van der Waals surface area (Å²) < 4.78 is 37.4. The van der Waals surface area contributed by atoms with Gasteiger partial charge in [-0.1, -0.05) is 42.5 Å². The van der Waals surface area contributed by atoms with E-state index in [1.165, 1.54) is 18.2 Å². The van der Waals surface area contributed by atoms with E-state index < -0.39 is 0 Å². The number of rotatable bonds is 3. The lowest BCUT2D eigenvalue weighted by molar-refractivity contribution is 0.0943. The van der Waals surface area contributed by atoms with Crippen molar-refractivity contribution in [2.45, 2.75) is 25.9 Å². The normalized spacial score (nSPS) is 14.3. The fourth-order valence-corrected chi connectivity index (χ4v) is 6.48. The van der Waals surface area contributed by atoms with E-state index in [1.807, 2.05) is 63.7 Å². The first-order chi connectivity index (χ1) is 22.4. The Kier molecular flexibility index (Phi) is 7.74. The smallest absolute Gasteiger partial charge is 0.267 e. The number of hydrogen-bond acceptors (Lipinski definition) is 3. The summed E-state index contributed by atoms with van der Waals surface area (Å²) >= 11 is 0. The Morgan fingerprint density at radius 2 is 1.11 bits per heavy atom. The molecule has 46 heavy (non-hydrogen) atoms. The zero-order chi connectivity index (χ0) is 31.8. The van der Waals surface area contributed by atoms with Crippen molar-refractivity contribution in [3.05, 3.63) is 114 Å². The molecule has 6 aromatic rings. The van der Waals surface area contributed by atoms with Crippen molar-refractivity contribution < 1.29 is 23.1 Å². The number of aryl methyl sites for hydroxylation is 2. The summed E-state index contributed by atoms with van der Waals surface area (Å²) in [5.74, 6) is -0.0420. The minimum atomic E-state index is -0.311. The van der Waals surface area contributed by atoms with Crippen LogP contribution < -0.4 is 15.4 Å². The van der Waals surface area contributed by atoms with Gasteiger partial charge in [0.1, 0.15) is 28.8 Å². The highest BCUT2D eigenvalue weighted by atomic mass is 19.1. The Bertz CT molecular complexity index is 2100. The molecule has 232 valence electrons. The number of carbonyl (C=O) groups is 2. The third kappa shape index (κ3) is 5.38. The first-order valence-corrected chi connectivity index (χ1v) is 15.3. The second kappa shape index (κ2) is 12.2. The molecular weight excluding hydrogens is 586 g/mol. The van der Waals surface area contributed by atoms with Gasteiger partial charge in [-0.25, -0.2) is 8.78 Å². The molecule has 2 N–H and O–H groups in total. The lowest BCUT2D eigenvalue weighted by Crippen LogP contribution is -2.22. The molecule has 4 aromatic carbocycles. The van der Waals surface area contributed by atoms with Crippen LogP contribution in [-0.4, -0.2) is 41.1 Å². The van der Waals surface area contributed by atoms with Crippen molar-refractivity contribution in [1.82, 2.24) is 19.8 Å². The topological polar surface area (TPSA) is 77.3 Å². The Morgan fingerprint density at radius 3 is 1.59 bits per heavy atom. The van der Waals surface area contributed by atoms with Crippen LogP contribution in [0.15, 0.2) is 91.0 Å². The van der Waals surface area contributed by atoms with Gasteiger partial charge in [0.25, 0.3) is 11.8 Å². The number of amides is 2. The lowest BCUT2D eigenvalue weighted by atomic mass is 10.0. The number of carbonyl (C=O) groups excluding carboxylic acids is 2. The van der Waals surface area contributed by atoms with Gasteiger partial charge in [0.15, 0.2) is 0 Å². The van der Waals surface area contributed by atoms with Crippen LogP contribution in [0.25, 0.3) is 44.1 Å². The van der Waals surface area contributed by atoms with Crippen molar-refractivity contribution in [3.8, 4) is 28.0 Å². The Labute approximate surface area is 264 Å². The fourth-order valence-electron chi connectivity index (χ4n) is 6.48. The summed E-state index contributed by atoms with van der Waals surface area (Å²) in [6.07, 6.45) is 1.72. The van der Waals surface area contributed by atoms with Gasteiger partial charge in [-0.15, -0.1) is 0 Å². The van der Waals surface area contributed by atoms with Gasteiger partial charge in [0.05, 0.1) is 18.1 Å². The van der Waals surface area contributed by atoms with E-state index in [9.17, 15) is 18.4 Å². The van der Waals surface area contributed by atoms with Crippen LogP contribution >= 0.6 is 0 Å². The van der Waals surface area contributed by atoms with E-state index in [0.717, 1.165) is 75.7 Å². The first kappa shape index (κ1) is 29.3. The van der Waals surface area contributed by atoms with Crippen LogP contribution in [0.4, 0.5) is 8.78 Å². The molecule has 4 heterocycles. The van der Waals surface area contributed by atoms with Crippen LogP contribution in [0, 0.1) is 11.6 Å². The Balaban J connectivity index is 0.000000147. The second-order valence-electron chi connectivity index (χ2n) is 11.5. The van der Waals surface area contributed by atoms with E-state index >= 15 is 0 Å². The number of aromatic nitrogens is 2. The van der Waals surface area contributed by atoms with Crippen LogP contribution in [0.1, 0.15) is 33.8 Å². The number of methoxy groups -OCH3 is 1. The third-order valence-electron chi connectivity index (χ3n) is 8.55. The van der Waals surface area contributed by atoms with Gasteiger partial charge in [-0.3, -0.25) is 9.59 Å². The average Bonchev–Trinajstić information content (AvgIpc) is 3.50. The van der Waals surface area contributed by atoms with Crippen molar-refractivity contribution >= 4 is 33.6 Å². The average molecular weight is 619 g/mol. The molecule has 0 fully saturated rings. The molecule has 0 radical (unpaired) electrons. The molecule has 2 aliphatic rings. The summed E-state index contributed by atoms with van der Waals surface area (Å²) in [5, 5.41) is 7.28. The monoisotopic (exact) mass is 618 g/mol. The maximum Gasteiger partial charge on any atom is 0.267 e. The van der Waals surface area contributed by atoms with E-state index in [0.29, 0.717) is 24.5 Å². The summed E-state index contributed by atoms with van der Waals surface area (Å²) in [5.41, 5.74) is 6.49. The molecule has 0 unspecified atom stereocenters. The molecule has 0 atom stereocenters. The number of ether oxygens (including phenoxy) is 1. The SMILES string of the molecule is COc1ccc(-c2cc(F)cc3cc4n(c23)CCCNC4=O)cc1.O=C1NCCCn2c1cc1cc(F)cc(-c3ccccc3)c12.